The van der Waals surface area contributed by atoms with Crippen molar-refractivity contribution in [2.24, 2.45) is 0 Å². The SMILES string of the molecule is COCCCn1c(SCc2noc(-c3ccco3)n2)nc2sc3c(c2c1=O)CCC3. The molecule has 0 radical (unpaired) electrons. The van der Waals surface area contributed by atoms with Crippen LogP contribution in [0.25, 0.3) is 21.9 Å². The van der Waals surface area contributed by atoms with Gasteiger partial charge in [0.25, 0.3) is 11.4 Å². The Morgan fingerprint density at radius 3 is 3.10 bits per heavy atom. The molecule has 0 spiro atoms. The lowest BCUT2D eigenvalue weighted by Crippen LogP contribution is -2.24. The van der Waals surface area contributed by atoms with Crippen LogP contribution in [0.15, 0.2) is 37.3 Å². The number of thiophene rings is 1. The van der Waals surface area contributed by atoms with E-state index in [2.05, 4.69) is 10.1 Å². The Labute approximate surface area is 180 Å². The van der Waals surface area contributed by atoms with Gasteiger partial charge in [0.15, 0.2) is 16.7 Å². The standard InChI is InChI=1S/C20H20N4O4S2/c1-26-9-4-8-24-19(25)16-12-5-2-7-14(12)30-18(16)22-20(24)29-11-15-21-17(28-23-15)13-6-3-10-27-13/h3,6,10H,2,4-5,7-9,11H2,1H3. The van der Waals surface area contributed by atoms with Gasteiger partial charge in [-0.1, -0.05) is 16.9 Å². The monoisotopic (exact) mass is 444 g/mol. The number of hydrogen-bond acceptors (Lipinski definition) is 9. The summed E-state index contributed by atoms with van der Waals surface area (Å²) in [5.41, 5.74) is 1.24. The number of aryl methyl sites for hydroxylation is 2. The van der Waals surface area contributed by atoms with Crippen LogP contribution in [0.1, 0.15) is 29.1 Å². The molecule has 0 amide bonds. The highest BCUT2D eigenvalue weighted by atomic mass is 32.2. The number of hydrogen-bond donors (Lipinski definition) is 0. The first-order chi connectivity index (χ1) is 14.7. The molecule has 1 aliphatic rings. The lowest BCUT2D eigenvalue weighted by Gasteiger charge is -2.11. The number of ether oxygens (including phenoxy) is 1. The van der Waals surface area contributed by atoms with Gasteiger partial charge in [0.05, 0.1) is 17.4 Å². The van der Waals surface area contributed by atoms with Crippen molar-refractivity contribution < 1.29 is 13.7 Å². The third-order valence-electron chi connectivity index (χ3n) is 5.05. The molecule has 10 heteroatoms. The zero-order valence-electron chi connectivity index (χ0n) is 16.4. The third kappa shape index (κ3) is 3.59. The fourth-order valence-corrected chi connectivity index (χ4v) is 5.85. The Hall–Kier alpha value is -2.43. The normalized spacial score (nSPS) is 13.4. The molecular formula is C20H20N4O4S2. The molecular weight excluding hydrogens is 424 g/mol. The first kappa shape index (κ1) is 19.5. The number of thioether (sulfide) groups is 1. The van der Waals surface area contributed by atoms with Gasteiger partial charge in [0.1, 0.15) is 4.83 Å². The molecule has 8 nitrogen and oxygen atoms in total. The summed E-state index contributed by atoms with van der Waals surface area (Å²) in [6, 6.07) is 3.54. The molecule has 5 rings (SSSR count). The molecule has 0 saturated carbocycles. The third-order valence-corrected chi connectivity index (χ3v) is 7.21. The Morgan fingerprint density at radius 2 is 2.27 bits per heavy atom. The molecule has 0 N–H and O–H groups in total. The molecule has 1 aliphatic carbocycles. The van der Waals surface area contributed by atoms with E-state index >= 15 is 0 Å². The highest BCUT2D eigenvalue weighted by molar-refractivity contribution is 7.98. The average molecular weight is 445 g/mol. The van der Waals surface area contributed by atoms with E-state index in [1.807, 2.05) is 0 Å². The van der Waals surface area contributed by atoms with Gasteiger partial charge < -0.3 is 13.7 Å². The van der Waals surface area contributed by atoms with Crippen LogP contribution in [0.4, 0.5) is 0 Å². The minimum Gasteiger partial charge on any atom is -0.459 e. The van der Waals surface area contributed by atoms with Crippen LogP contribution in [0.5, 0.6) is 0 Å². The molecule has 4 heterocycles. The maximum Gasteiger partial charge on any atom is 0.293 e. The quantitative estimate of drug-likeness (QED) is 0.229. The van der Waals surface area contributed by atoms with Gasteiger partial charge in [-0.2, -0.15) is 4.98 Å². The summed E-state index contributed by atoms with van der Waals surface area (Å²) in [6.07, 6.45) is 5.43. The number of rotatable bonds is 8. The Kier molecular flexibility index (Phi) is 5.45. The fraction of sp³-hybridized carbons (Fsp3) is 0.400. The maximum atomic E-state index is 13.3. The van der Waals surface area contributed by atoms with E-state index in [0.29, 0.717) is 41.5 Å². The van der Waals surface area contributed by atoms with Crippen molar-refractivity contribution in [1.82, 2.24) is 19.7 Å². The Morgan fingerprint density at radius 1 is 1.33 bits per heavy atom. The molecule has 0 atom stereocenters. The van der Waals surface area contributed by atoms with Crippen LogP contribution >= 0.6 is 23.1 Å². The van der Waals surface area contributed by atoms with E-state index < -0.39 is 0 Å². The van der Waals surface area contributed by atoms with Gasteiger partial charge in [-0.05, 0) is 43.4 Å². The van der Waals surface area contributed by atoms with Crippen LogP contribution in [0.3, 0.4) is 0 Å². The van der Waals surface area contributed by atoms with Crippen LogP contribution < -0.4 is 5.56 Å². The molecule has 4 aromatic heterocycles. The molecule has 30 heavy (non-hydrogen) atoms. The van der Waals surface area contributed by atoms with Gasteiger partial charge in [0.2, 0.25) is 0 Å². The van der Waals surface area contributed by atoms with Crippen molar-refractivity contribution in [3.63, 3.8) is 0 Å². The average Bonchev–Trinajstić information content (AvgIpc) is 3.51. The summed E-state index contributed by atoms with van der Waals surface area (Å²) in [4.78, 5) is 24.7. The second kappa shape index (κ2) is 8.37. The van der Waals surface area contributed by atoms with Gasteiger partial charge in [-0.3, -0.25) is 9.36 Å². The number of aromatic nitrogens is 4. The van der Waals surface area contributed by atoms with E-state index in [4.69, 9.17) is 18.7 Å². The molecule has 0 unspecified atom stereocenters. The lowest BCUT2D eigenvalue weighted by molar-refractivity contribution is 0.189. The number of nitrogens with zero attached hydrogens (tertiary/aromatic N) is 4. The summed E-state index contributed by atoms with van der Waals surface area (Å²) >= 11 is 3.09. The molecule has 0 saturated heterocycles. The van der Waals surface area contributed by atoms with Crippen LogP contribution in [0.2, 0.25) is 0 Å². The van der Waals surface area contributed by atoms with E-state index in [0.717, 1.165) is 35.9 Å². The maximum absolute atomic E-state index is 13.3. The largest absolute Gasteiger partial charge is 0.459 e. The topological polar surface area (TPSA) is 96.2 Å². The zero-order valence-corrected chi connectivity index (χ0v) is 18.1. The minimum absolute atomic E-state index is 0.0439. The highest BCUT2D eigenvalue weighted by Gasteiger charge is 2.23. The van der Waals surface area contributed by atoms with Crippen molar-refractivity contribution >= 4 is 33.3 Å². The van der Waals surface area contributed by atoms with Crippen molar-refractivity contribution in [3.05, 3.63) is 45.0 Å². The predicted octanol–water partition coefficient (Wildman–Crippen LogP) is 3.92. The highest BCUT2D eigenvalue weighted by Crippen LogP contribution is 2.36. The minimum atomic E-state index is 0.0439. The first-order valence-electron chi connectivity index (χ1n) is 9.78. The van der Waals surface area contributed by atoms with Crippen LogP contribution in [-0.2, 0) is 29.9 Å². The van der Waals surface area contributed by atoms with E-state index in [1.165, 1.54) is 22.2 Å². The molecule has 0 aliphatic heterocycles. The van der Waals surface area contributed by atoms with Crippen molar-refractivity contribution in [1.29, 1.82) is 0 Å². The Balaban J connectivity index is 1.45. The smallest absolute Gasteiger partial charge is 0.293 e. The summed E-state index contributed by atoms with van der Waals surface area (Å²) < 4.78 is 17.5. The van der Waals surface area contributed by atoms with E-state index in [9.17, 15) is 4.79 Å². The van der Waals surface area contributed by atoms with Crippen LogP contribution in [0, 0.1) is 0 Å². The van der Waals surface area contributed by atoms with E-state index in [1.54, 1.807) is 41.4 Å². The van der Waals surface area contributed by atoms with Gasteiger partial charge in [0, 0.05) is 25.1 Å². The molecule has 156 valence electrons. The number of furan rings is 1. The molecule has 0 bridgehead atoms. The molecule has 4 aromatic rings. The second-order valence-corrected chi connectivity index (χ2v) is 9.04. The van der Waals surface area contributed by atoms with Gasteiger partial charge in [-0.15, -0.1) is 11.3 Å². The van der Waals surface area contributed by atoms with Crippen molar-refractivity contribution in [3.8, 4) is 11.7 Å². The van der Waals surface area contributed by atoms with Crippen molar-refractivity contribution in [2.75, 3.05) is 13.7 Å². The van der Waals surface area contributed by atoms with Crippen molar-refractivity contribution in [2.45, 2.75) is 43.1 Å². The summed E-state index contributed by atoms with van der Waals surface area (Å²) in [6.45, 7) is 1.15. The summed E-state index contributed by atoms with van der Waals surface area (Å²) in [7, 11) is 1.67. The van der Waals surface area contributed by atoms with Crippen LogP contribution in [-0.4, -0.2) is 33.4 Å². The molecule has 0 aromatic carbocycles. The lowest BCUT2D eigenvalue weighted by atomic mass is 10.2. The van der Waals surface area contributed by atoms with E-state index in [-0.39, 0.29) is 5.56 Å². The number of methoxy groups -OCH3 is 1. The Bertz CT molecular complexity index is 1230. The fourth-order valence-electron chi connectivity index (χ4n) is 3.67. The molecule has 0 fully saturated rings. The summed E-state index contributed by atoms with van der Waals surface area (Å²) in [5.74, 6) is 1.84. The first-order valence-corrected chi connectivity index (χ1v) is 11.6. The van der Waals surface area contributed by atoms with Gasteiger partial charge >= 0.3 is 0 Å². The zero-order chi connectivity index (χ0) is 20.5. The summed E-state index contributed by atoms with van der Waals surface area (Å²) in [5, 5.41) is 5.49. The number of fused-ring (bicyclic) bond motifs is 3. The predicted molar refractivity (Wildman–Crippen MR) is 114 cm³/mol. The second-order valence-electron chi connectivity index (χ2n) is 7.02. The van der Waals surface area contributed by atoms with Gasteiger partial charge in [-0.25, -0.2) is 4.98 Å².